The third-order valence-corrected chi connectivity index (χ3v) is 5.94. The highest BCUT2D eigenvalue weighted by Crippen LogP contribution is 2.59. The van der Waals surface area contributed by atoms with Gasteiger partial charge < -0.3 is 14.2 Å². The number of carbonyl (C=O) groups excluding carboxylic acids is 3. The third-order valence-electron chi connectivity index (χ3n) is 5.94. The Morgan fingerprint density at radius 3 is 2.50 bits per heavy atom. The van der Waals surface area contributed by atoms with E-state index in [2.05, 4.69) is 0 Å². The normalized spacial score (nSPS) is 34.5. The average molecular weight is 358 g/mol. The summed E-state index contributed by atoms with van der Waals surface area (Å²) in [5.74, 6) is -2.66. The smallest absolute Gasteiger partial charge is 0.311 e. The first-order valence-corrected chi connectivity index (χ1v) is 8.95. The van der Waals surface area contributed by atoms with Crippen LogP contribution in [0.25, 0.3) is 0 Å². The molecule has 1 saturated heterocycles. The van der Waals surface area contributed by atoms with Gasteiger partial charge in [0.25, 0.3) is 0 Å². The molecule has 3 fully saturated rings. The van der Waals surface area contributed by atoms with Gasteiger partial charge in [0.1, 0.15) is 17.8 Å². The molecule has 0 amide bonds. The highest BCUT2D eigenvalue weighted by atomic mass is 16.6. The lowest BCUT2D eigenvalue weighted by molar-refractivity contribution is -0.172. The molecule has 1 heterocycles. The molecular formula is C20H22O6. The van der Waals surface area contributed by atoms with Crippen LogP contribution in [-0.4, -0.2) is 30.1 Å². The molecule has 2 aliphatic carbocycles. The Morgan fingerprint density at radius 2 is 1.85 bits per heavy atom. The second-order valence-electron chi connectivity index (χ2n) is 7.89. The molecule has 6 unspecified atom stereocenters. The quantitative estimate of drug-likeness (QED) is 0.606. The molecule has 2 bridgehead atoms. The van der Waals surface area contributed by atoms with Crippen molar-refractivity contribution in [3.05, 3.63) is 35.9 Å². The highest BCUT2D eigenvalue weighted by molar-refractivity contribution is 5.86. The van der Waals surface area contributed by atoms with Crippen LogP contribution in [0.4, 0.5) is 0 Å². The van der Waals surface area contributed by atoms with Gasteiger partial charge in [0.05, 0.1) is 11.8 Å². The van der Waals surface area contributed by atoms with E-state index in [1.807, 2.05) is 44.2 Å². The molecule has 26 heavy (non-hydrogen) atoms. The molecule has 1 aliphatic heterocycles. The molecule has 6 atom stereocenters. The summed E-state index contributed by atoms with van der Waals surface area (Å²) in [5.41, 5.74) is 0.0545. The zero-order valence-electron chi connectivity index (χ0n) is 15.0. The molecule has 3 aliphatic rings. The van der Waals surface area contributed by atoms with Gasteiger partial charge >= 0.3 is 17.9 Å². The lowest BCUT2D eigenvalue weighted by atomic mass is 9.78. The van der Waals surface area contributed by atoms with E-state index < -0.39 is 41.6 Å². The van der Waals surface area contributed by atoms with Crippen LogP contribution in [0.2, 0.25) is 0 Å². The van der Waals surface area contributed by atoms with Gasteiger partial charge in [-0.15, -0.1) is 0 Å². The van der Waals surface area contributed by atoms with Crippen LogP contribution in [0.1, 0.15) is 32.8 Å². The summed E-state index contributed by atoms with van der Waals surface area (Å²) in [7, 11) is 0. The summed E-state index contributed by atoms with van der Waals surface area (Å²) >= 11 is 0. The standard InChI is InChI=1S/C20H22O6/c1-10(21)24-16-13-9-12-14(18(22)25-17(12)16)15(13)19(23)26-20(2,3)11-7-5-4-6-8-11/h4-8,12-17H,9H2,1-3H3. The van der Waals surface area contributed by atoms with E-state index in [-0.39, 0.29) is 17.8 Å². The first kappa shape index (κ1) is 17.1. The fraction of sp³-hybridized carbons (Fsp3) is 0.550. The van der Waals surface area contributed by atoms with Gasteiger partial charge in [-0.3, -0.25) is 14.4 Å². The van der Waals surface area contributed by atoms with Gasteiger partial charge in [-0.1, -0.05) is 30.3 Å². The number of rotatable bonds is 4. The number of fused-ring (bicyclic) bond motifs is 1. The zero-order chi connectivity index (χ0) is 18.6. The molecule has 0 spiro atoms. The van der Waals surface area contributed by atoms with Crippen LogP contribution in [-0.2, 0) is 34.2 Å². The Hall–Kier alpha value is -2.37. The Balaban J connectivity index is 1.58. The Bertz CT molecular complexity index is 755. The van der Waals surface area contributed by atoms with Crippen molar-refractivity contribution in [2.24, 2.45) is 23.7 Å². The molecule has 1 aromatic carbocycles. The summed E-state index contributed by atoms with van der Waals surface area (Å²) in [6.45, 7) is 4.98. The fourth-order valence-electron chi connectivity index (χ4n) is 4.88. The Labute approximate surface area is 151 Å². The molecule has 6 nitrogen and oxygen atoms in total. The average Bonchev–Trinajstić information content (AvgIpc) is 3.18. The van der Waals surface area contributed by atoms with Crippen molar-refractivity contribution < 1.29 is 28.6 Å². The van der Waals surface area contributed by atoms with E-state index in [0.717, 1.165) is 5.56 Å². The second kappa shape index (κ2) is 5.83. The van der Waals surface area contributed by atoms with E-state index in [1.165, 1.54) is 6.92 Å². The number of ether oxygens (including phenoxy) is 3. The lowest BCUT2D eigenvalue weighted by Gasteiger charge is -2.33. The largest absolute Gasteiger partial charge is 0.458 e. The lowest BCUT2D eigenvalue weighted by Crippen LogP contribution is -2.44. The molecule has 6 heteroatoms. The third kappa shape index (κ3) is 2.50. The molecule has 2 saturated carbocycles. The number of hydrogen-bond donors (Lipinski definition) is 0. The second-order valence-corrected chi connectivity index (χ2v) is 7.89. The van der Waals surface area contributed by atoms with Gasteiger partial charge in [-0.2, -0.15) is 0 Å². The maximum absolute atomic E-state index is 13.0. The summed E-state index contributed by atoms with van der Waals surface area (Å²) in [4.78, 5) is 36.8. The topological polar surface area (TPSA) is 78.9 Å². The van der Waals surface area contributed by atoms with Crippen LogP contribution < -0.4 is 0 Å². The summed E-state index contributed by atoms with van der Waals surface area (Å²) in [6, 6.07) is 9.47. The van der Waals surface area contributed by atoms with Crippen molar-refractivity contribution in [3.63, 3.8) is 0 Å². The maximum atomic E-state index is 13.0. The van der Waals surface area contributed by atoms with Gasteiger partial charge in [-0.05, 0) is 25.8 Å². The molecule has 0 radical (unpaired) electrons. The number of hydrogen-bond acceptors (Lipinski definition) is 6. The Kier molecular flexibility index (Phi) is 3.82. The van der Waals surface area contributed by atoms with Crippen molar-refractivity contribution in [2.75, 3.05) is 0 Å². The summed E-state index contributed by atoms with van der Waals surface area (Å²) in [5, 5.41) is 0. The van der Waals surface area contributed by atoms with Crippen LogP contribution in [0, 0.1) is 23.7 Å². The van der Waals surface area contributed by atoms with E-state index in [9.17, 15) is 14.4 Å². The molecule has 0 N–H and O–H groups in total. The monoisotopic (exact) mass is 358 g/mol. The Morgan fingerprint density at radius 1 is 1.15 bits per heavy atom. The summed E-state index contributed by atoms with van der Waals surface area (Å²) in [6.07, 6.45) is -0.338. The van der Waals surface area contributed by atoms with Gasteiger partial charge in [0.15, 0.2) is 0 Å². The highest BCUT2D eigenvalue weighted by Gasteiger charge is 2.70. The molecule has 138 valence electrons. The number of esters is 3. The van der Waals surface area contributed by atoms with Crippen molar-refractivity contribution in [1.29, 1.82) is 0 Å². The minimum absolute atomic E-state index is 0.0748. The fourth-order valence-corrected chi connectivity index (χ4v) is 4.88. The molecule has 0 aromatic heterocycles. The van der Waals surface area contributed by atoms with Gasteiger partial charge in [0, 0.05) is 18.8 Å². The van der Waals surface area contributed by atoms with Gasteiger partial charge in [0.2, 0.25) is 0 Å². The minimum atomic E-state index is -0.820. The number of benzene rings is 1. The SMILES string of the molecule is CC(=O)OC1C2CC3C1OC(=O)C3C2C(=O)OC(C)(C)c1ccccc1. The first-order chi connectivity index (χ1) is 12.3. The van der Waals surface area contributed by atoms with Crippen molar-refractivity contribution in [1.82, 2.24) is 0 Å². The van der Waals surface area contributed by atoms with Crippen LogP contribution in [0.15, 0.2) is 30.3 Å². The number of carbonyl (C=O) groups is 3. The van der Waals surface area contributed by atoms with Crippen LogP contribution >= 0.6 is 0 Å². The predicted molar refractivity (Wildman–Crippen MR) is 89.6 cm³/mol. The molecule has 1 aromatic rings. The maximum Gasteiger partial charge on any atom is 0.311 e. The molecular weight excluding hydrogens is 336 g/mol. The predicted octanol–water partition coefficient (Wildman–Crippen LogP) is 2.20. The van der Waals surface area contributed by atoms with Crippen LogP contribution in [0.3, 0.4) is 0 Å². The first-order valence-electron chi connectivity index (χ1n) is 8.95. The van der Waals surface area contributed by atoms with E-state index in [4.69, 9.17) is 14.2 Å². The van der Waals surface area contributed by atoms with E-state index >= 15 is 0 Å². The van der Waals surface area contributed by atoms with Crippen molar-refractivity contribution in [3.8, 4) is 0 Å². The van der Waals surface area contributed by atoms with Crippen molar-refractivity contribution in [2.45, 2.75) is 45.0 Å². The van der Waals surface area contributed by atoms with Crippen LogP contribution in [0.5, 0.6) is 0 Å². The molecule has 4 rings (SSSR count). The van der Waals surface area contributed by atoms with E-state index in [1.54, 1.807) is 0 Å². The van der Waals surface area contributed by atoms with E-state index in [0.29, 0.717) is 6.42 Å². The van der Waals surface area contributed by atoms with Crippen molar-refractivity contribution >= 4 is 17.9 Å². The van der Waals surface area contributed by atoms with Gasteiger partial charge in [-0.25, -0.2) is 0 Å². The minimum Gasteiger partial charge on any atom is -0.458 e. The zero-order valence-corrected chi connectivity index (χ0v) is 15.0. The summed E-state index contributed by atoms with van der Waals surface area (Å²) < 4.78 is 16.6.